The van der Waals surface area contributed by atoms with E-state index in [-0.39, 0.29) is 16.8 Å². The number of amides is 1. The number of hydrogen-bond acceptors (Lipinski definition) is 6. The van der Waals surface area contributed by atoms with Gasteiger partial charge in [0.15, 0.2) is 5.43 Å². The highest BCUT2D eigenvalue weighted by Crippen LogP contribution is 2.41. The number of carbonyl (C=O) groups is 2. The molecule has 8 heteroatoms. The fourth-order valence-corrected chi connectivity index (χ4v) is 4.94. The second kappa shape index (κ2) is 11.3. The molecule has 39 heavy (non-hydrogen) atoms. The second-order valence-electron chi connectivity index (χ2n) is 9.10. The van der Waals surface area contributed by atoms with Crippen molar-refractivity contribution in [3.63, 3.8) is 0 Å². The number of nitrogens with zero attached hydrogens (tertiary/aromatic N) is 1. The van der Waals surface area contributed by atoms with Crippen molar-refractivity contribution < 1.29 is 23.5 Å². The number of esters is 1. The third-order valence-electron chi connectivity index (χ3n) is 6.51. The normalized spacial score (nSPS) is 14.4. The molecule has 0 fully saturated rings. The van der Waals surface area contributed by atoms with Gasteiger partial charge in [0.25, 0.3) is 5.91 Å². The number of benzene rings is 3. The van der Waals surface area contributed by atoms with Crippen molar-refractivity contribution in [1.82, 2.24) is 0 Å². The molecule has 4 aromatic rings. The number of ether oxygens (including phenoxy) is 2. The molecular formula is C31H26BrNO6. The largest absolute Gasteiger partial charge is 0.490 e. The smallest absolute Gasteiger partial charge is 0.338 e. The number of anilines is 1. The zero-order valence-corrected chi connectivity index (χ0v) is 22.9. The number of fused-ring (bicyclic) bond motifs is 2. The summed E-state index contributed by atoms with van der Waals surface area (Å²) < 4.78 is 17.7. The lowest BCUT2D eigenvalue weighted by atomic mass is 9.98. The molecule has 7 nitrogen and oxygen atoms in total. The topological polar surface area (TPSA) is 86.0 Å². The molecular weight excluding hydrogens is 562 g/mol. The lowest BCUT2D eigenvalue weighted by Gasteiger charge is -2.25. The molecule has 1 aliphatic rings. The zero-order chi connectivity index (χ0) is 27.5. The summed E-state index contributed by atoms with van der Waals surface area (Å²) in [5.41, 5.74) is 1.90. The van der Waals surface area contributed by atoms with Crippen molar-refractivity contribution in [2.24, 2.45) is 0 Å². The van der Waals surface area contributed by atoms with Crippen LogP contribution >= 0.6 is 15.9 Å². The first kappa shape index (κ1) is 26.4. The fraction of sp³-hybridized carbons (Fsp3) is 0.194. The van der Waals surface area contributed by atoms with E-state index < -0.39 is 17.9 Å². The maximum Gasteiger partial charge on any atom is 0.338 e. The van der Waals surface area contributed by atoms with E-state index in [4.69, 9.17) is 13.9 Å². The van der Waals surface area contributed by atoms with E-state index in [9.17, 15) is 14.4 Å². The molecule has 198 valence electrons. The molecule has 0 N–H and O–H groups in total. The van der Waals surface area contributed by atoms with Crippen LogP contribution in [0, 0.1) is 0 Å². The summed E-state index contributed by atoms with van der Waals surface area (Å²) in [5, 5.41) is 0.374. The molecule has 1 amide bonds. The van der Waals surface area contributed by atoms with Crippen LogP contribution in [0.15, 0.2) is 93.1 Å². The summed E-state index contributed by atoms with van der Waals surface area (Å²) >= 11 is 3.42. The Labute approximate surface area is 233 Å². The number of rotatable bonds is 9. The molecule has 0 aliphatic carbocycles. The van der Waals surface area contributed by atoms with E-state index in [1.807, 2.05) is 19.1 Å². The van der Waals surface area contributed by atoms with Gasteiger partial charge in [0.2, 0.25) is 5.76 Å². The predicted octanol–water partition coefficient (Wildman–Crippen LogP) is 6.83. The van der Waals surface area contributed by atoms with Crippen LogP contribution in [-0.2, 0) is 4.74 Å². The quantitative estimate of drug-likeness (QED) is 0.121. The average Bonchev–Trinajstić information content (AvgIpc) is 3.25. The summed E-state index contributed by atoms with van der Waals surface area (Å²) in [6.45, 7) is 6.39. The van der Waals surface area contributed by atoms with Crippen molar-refractivity contribution in [2.45, 2.75) is 25.8 Å². The molecule has 1 aliphatic heterocycles. The van der Waals surface area contributed by atoms with Gasteiger partial charge in [-0.3, -0.25) is 14.5 Å². The van der Waals surface area contributed by atoms with Gasteiger partial charge in [-0.1, -0.05) is 54.1 Å². The molecule has 0 saturated heterocycles. The molecule has 5 rings (SSSR count). The summed E-state index contributed by atoms with van der Waals surface area (Å²) in [5.74, 6) is -0.237. The van der Waals surface area contributed by atoms with Crippen LogP contribution in [0.3, 0.4) is 0 Å². The molecule has 1 unspecified atom stereocenters. The van der Waals surface area contributed by atoms with Gasteiger partial charge in [0, 0.05) is 10.2 Å². The van der Waals surface area contributed by atoms with Crippen LogP contribution in [0.2, 0.25) is 0 Å². The minimum Gasteiger partial charge on any atom is -0.490 e. The Kier molecular flexibility index (Phi) is 7.65. The van der Waals surface area contributed by atoms with E-state index >= 15 is 0 Å². The fourth-order valence-electron chi connectivity index (χ4n) is 4.58. The molecule has 1 atom stereocenters. The Hall–Kier alpha value is -4.17. The van der Waals surface area contributed by atoms with Gasteiger partial charge in [-0.2, -0.15) is 0 Å². The molecule has 2 heterocycles. The first-order valence-electron chi connectivity index (χ1n) is 12.6. The number of hydrogen-bond donors (Lipinski definition) is 0. The Morgan fingerprint density at radius 1 is 1.08 bits per heavy atom. The summed E-state index contributed by atoms with van der Waals surface area (Å²) in [7, 11) is 0. The Balaban J connectivity index is 1.59. The van der Waals surface area contributed by atoms with Gasteiger partial charge < -0.3 is 13.9 Å². The predicted molar refractivity (Wildman–Crippen MR) is 153 cm³/mol. The molecule has 3 aromatic carbocycles. The van der Waals surface area contributed by atoms with Crippen molar-refractivity contribution in [3.8, 4) is 5.75 Å². The van der Waals surface area contributed by atoms with E-state index in [1.54, 1.807) is 60.7 Å². The average molecular weight is 588 g/mol. The van der Waals surface area contributed by atoms with Gasteiger partial charge in [-0.05, 0) is 66.6 Å². The monoisotopic (exact) mass is 587 g/mol. The summed E-state index contributed by atoms with van der Waals surface area (Å²) in [4.78, 5) is 41.5. The van der Waals surface area contributed by atoms with Crippen molar-refractivity contribution in [3.05, 3.63) is 117 Å². The van der Waals surface area contributed by atoms with Crippen LogP contribution in [-0.4, -0.2) is 25.1 Å². The first-order valence-corrected chi connectivity index (χ1v) is 13.4. The minimum atomic E-state index is -0.747. The Morgan fingerprint density at radius 2 is 1.82 bits per heavy atom. The highest BCUT2D eigenvalue weighted by atomic mass is 79.9. The van der Waals surface area contributed by atoms with Crippen LogP contribution in [0.25, 0.3) is 11.0 Å². The van der Waals surface area contributed by atoms with Crippen molar-refractivity contribution in [1.29, 1.82) is 0 Å². The summed E-state index contributed by atoms with van der Waals surface area (Å²) in [6.07, 6.45) is 3.36. The van der Waals surface area contributed by atoms with Crippen LogP contribution in [0.4, 0.5) is 5.69 Å². The second-order valence-corrected chi connectivity index (χ2v) is 10.0. The number of carbonyl (C=O) groups excluding carboxylic acids is 2. The van der Waals surface area contributed by atoms with E-state index in [1.165, 1.54) is 4.90 Å². The lowest BCUT2D eigenvalue weighted by molar-refractivity contribution is 0.0499. The van der Waals surface area contributed by atoms with Crippen molar-refractivity contribution >= 4 is 44.5 Å². The highest BCUT2D eigenvalue weighted by molar-refractivity contribution is 9.10. The molecule has 0 saturated carbocycles. The van der Waals surface area contributed by atoms with Crippen LogP contribution in [0.1, 0.15) is 57.8 Å². The standard InChI is InChI=1S/C31H26BrNO6/c1-3-5-17-38-31(36)20-6-11-22(12-7-20)33-27(19-8-13-23(14-9-19)37-16-4-2)26-28(34)24-18-21(32)10-15-25(24)39-29(26)30(33)35/h4,6-15,18,27H,2-3,5,16-17H2,1H3. The van der Waals surface area contributed by atoms with E-state index in [0.717, 1.165) is 17.3 Å². The Morgan fingerprint density at radius 3 is 2.51 bits per heavy atom. The van der Waals surface area contributed by atoms with E-state index in [0.29, 0.717) is 46.7 Å². The highest BCUT2D eigenvalue weighted by Gasteiger charge is 2.43. The van der Waals surface area contributed by atoms with Gasteiger partial charge >= 0.3 is 5.97 Å². The third-order valence-corrected chi connectivity index (χ3v) is 7.00. The third kappa shape index (κ3) is 5.12. The van der Waals surface area contributed by atoms with Gasteiger partial charge in [-0.25, -0.2) is 4.79 Å². The minimum absolute atomic E-state index is 0.00476. The molecule has 1 aromatic heterocycles. The number of halogens is 1. The van der Waals surface area contributed by atoms with Crippen molar-refractivity contribution in [2.75, 3.05) is 18.1 Å². The van der Waals surface area contributed by atoms with Gasteiger partial charge in [0.1, 0.15) is 17.9 Å². The Bertz CT molecular complexity index is 1610. The summed E-state index contributed by atoms with van der Waals surface area (Å²) in [6, 6.07) is 18.2. The molecule has 0 bridgehead atoms. The van der Waals surface area contributed by atoms with Gasteiger partial charge in [-0.15, -0.1) is 0 Å². The van der Waals surface area contributed by atoms with Crippen LogP contribution in [0.5, 0.6) is 5.75 Å². The van der Waals surface area contributed by atoms with E-state index in [2.05, 4.69) is 22.5 Å². The van der Waals surface area contributed by atoms with Gasteiger partial charge in [0.05, 0.1) is 29.2 Å². The first-order chi connectivity index (χ1) is 18.9. The zero-order valence-electron chi connectivity index (χ0n) is 21.3. The SMILES string of the molecule is C=CCOc1ccc(C2c3c(oc4ccc(Br)cc4c3=O)C(=O)N2c2ccc(C(=O)OCCCC)cc2)cc1. The lowest BCUT2D eigenvalue weighted by Crippen LogP contribution is -2.29. The molecule has 0 radical (unpaired) electrons. The van der Waals surface area contributed by atoms with Crippen LogP contribution < -0.4 is 15.1 Å². The number of unbranched alkanes of at least 4 members (excludes halogenated alkanes) is 1. The molecule has 0 spiro atoms. The maximum atomic E-state index is 13.8. The maximum absolute atomic E-state index is 13.8.